The van der Waals surface area contributed by atoms with Crippen molar-refractivity contribution in [3.8, 4) is 0 Å². The van der Waals surface area contributed by atoms with Crippen molar-refractivity contribution in [3.63, 3.8) is 0 Å². The smallest absolute Gasteiger partial charge is 0.338 e. The summed E-state index contributed by atoms with van der Waals surface area (Å²) in [6.45, 7) is 4.42. The van der Waals surface area contributed by atoms with E-state index in [1.54, 1.807) is 0 Å². The lowest BCUT2D eigenvalue weighted by Gasteiger charge is -2.30. The number of epoxide rings is 1. The van der Waals surface area contributed by atoms with Gasteiger partial charge in [-0.25, -0.2) is 4.79 Å². The molecule has 3 nitrogen and oxygen atoms in total. The molecule has 0 aromatic carbocycles. The number of carbonyl (C=O) groups is 1. The fraction of sp³-hybridized carbons (Fsp3) is 0.917. The Balaban J connectivity index is 2.16. The van der Waals surface area contributed by atoms with Gasteiger partial charge in [-0.3, -0.25) is 0 Å². The van der Waals surface area contributed by atoms with Gasteiger partial charge in [0.15, 0.2) is 6.10 Å². The van der Waals surface area contributed by atoms with E-state index in [4.69, 9.17) is 9.47 Å². The number of esters is 1. The lowest BCUT2D eigenvalue weighted by molar-refractivity contribution is -0.142. The molecule has 1 aliphatic heterocycles. The molecule has 3 heteroatoms. The molecule has 0 aromatic heterocycles. The topological polar surface area (TPSA) is 38.8 Å². The molecule has 0 aromatic rings. The Kier molecular flexibility index (Phi) is 2.53. The van der Waals surface area contributed by atoms with Crippen LogP contribution in [0.3, 0.4) is 0 Å². The van der Waals surface area contributed by atoms with E-state index in [2.05, 4.69) is 13.8 Å². The predicted molar refractivity (Wildman–Crippen MR) is 56.5 cm³/mol. The van der Waals surface area contributed by atoms with Gasteiger partial charge in [-0.1, -0.05) is 33.1 Å². The normalized spacial score (nSPS) is 38.5. The Labute approximate surface area is 91.1 Å². The molecule has 0 bridgehead atoms. The number of ether oxygens (including phenoxy) is 2. The van der Waals surface area contributed by atoms with E-state index >= 15 is 0 Å². The molecule has 1 saturated carbocycles. The fourth-order valence-corrected chi connectivity index (χ4v) is 2.91. The van der Waals surface area contributed by atoms with Crippen molar-refractivity contribution in [1.29, 1.82) is 0 Å². The third-order valence-electron chi connectivity index (χ3n) is 4.11. The van der Waals surface area contributed by atoms with Crippen LogP contribution in [-0.2, 0) is 14.3 Å². The van der Waals surface area contributed by atoms with Gasteiger partial charge in [-0.15, -0.1) is 0 Å². The first-order valence-corrected chi connectivity index (χ1v) is 5.79. The summed E-state index contributed by atoms with van der Waals surface area (Å²) in [6, 6.07) is 0. The van der Waals surface area contributed by atoms with Gasteiger partial charge in [0.05, 0.1) is 7.11 Å². The molecule has 2 rings (SSSR count). The summed E-state index contributed by atoms with van der Waals surface area (Å²) in [5.74, 6) is -0.204. The zero-order valence-electron chi connectivity index (χ0n) is 9.84. The monoisotopic (exact) mass is 212 g/mol. The molecule has 1 aliphatic carbocycles. The predicted octanol–water partition coefficient (Wildman–Crippen LogP) is 2.29. The molecule has 86 valence electrons. The molecule has 0 radical (unpaired) electrons. The lowest BCUT2D eigenvalue weighted by Crippen LogP contribution is -2.36. The van der Waals surface area contributed by atoms with Crippen molar-refractivity contribution in [3.05, 3.63) is 0 Å². The minimum absolute atomic E-state index is 0.0996. The van der Waals surface area contributed by atoms with E-state index in [9.17, 15) is 4.79 Å². The van der Waals surface area contributed by atoms with E-state index < -0.39 is 0 Å². The van der Waals surface area contributed by atoms with Gasteiger partial charge in [0.25, 0.3) is 0 Å². The summed E-state index contributed by atoms with van der Waals surface area (Å²) >= 11 is 0. The number of methoxy groups -OCH3 is 1. The Morgan fingerprint density at radius 1 is 1.27 bits per heavy atom. The van der Waals surface area contributed by atoms with Crippen molar-refractivity contribution in [2.24, 2.45) is 5.41 Å². The van der Waals surface area contributed by atoms with Crippen LogP contribution >= 0.6 is 0 Å². The lowest BCUT2D eigenvalue weighted by atomic mass is 9.73. The second-order valence-electron chi connectivity index (χ2n) is 5.36. The van der Waals surface area contributed by atoms with Crippen LogP contribution in [0.2, 0.25) is 0 Å². The van der Waals surface area contributed by atoms with E-state index in [1.807, 2.05) is 0 Å². The van der Waals surface area contributed by atoms with Gasteiger partial charge >= 0.3 is 5.97 Å². The van der Waals surface area contributed by atoms with Crippen molar-refractivity contribution in [1.82, 2.24) is 0 Å². The molecule has 0 amide bonds. The van der Waals surface area contributed by atoms with Gasteiger partial charge in [0.2, 0.25) is 0 Å². The second-order valence-corrected chi connectivity index (χ2v) is 5.36. The highest BCUT2D eigenvalue weighted by Gasteiger charge is 2.68. The Morgan fingerprint density at radius 2 is 1.93 bits per heavy atom. The summed E-state index contributed by atoms with van der Waals surface area (Å²) in [5.41, 5.74) is -0.126. The van der Waals surface area contributed by atoms with Crippen LogP contribution in [0.15, 0.2) is 0 Å². The summed E-state index contributed by atoms with van der Waals surface area (Å²) in [5, 5.41) is 0. The summed E-state index contributed by atoms with van der Waals surface area (Å²) in [4.78, 5) is 11.5. The average molecular weight is 212 g/mol. The minimum atomic E-state index is -0.310. The van der Waals surface area contributed by atoms with Gasteiger partial charge < -0.3 is 9.47 Å². The Bertz CT molecular complexity index is 272. The maximum atomic E-state index is 11.5. The second kappa shape index (κ2) is 3.48. The molecular formula is C12H20O3. The summed E-state index contributed by atoms with van der Waals surface area (Å²) in [6.07, 6.45) is 5.49. The van der Waals surface area contributed by atoms with Gasteiger partial charge in [-0.05, 0) is 18.3 Å². The first-order chi connectivity index (χ1) is 7.03. The molecule has 1 saturated heterocycles. The Hall–Kier alpha value is -0.570. The molecule has 0 N–H and O–H groups in total. The quantitative estimate of drug-likeness (QED) is 0.494. The third kappa shape index (κ3) is 1.57. The number of carbonyl (C=O) groups excluding carboxylic acids is 1. The Morgan fingerprint density at radius 3 is 2.60 bits per heavy atom. The standard InChI is InChI=1S/C12H20O3/c1-11(2)7-5-4-6-8-12(11)9(15-12)10(13)14-3/h9H,4-8H2,1-3H3. The molecule has 2 aliphatic rings. The third-order valence-corrected chi connectivity index (χ3v) is 4.11. The van der Waals surface area contributed by atoms with Crippen LogP contribution in [0.25, 0.3) is 0 Å². The number of hydrogen-bond acceptors (Lipinski definition) is 3. The summed E-state index contributed by atoms with van der Waals surface area (Å²) < 4.78 is 10.5. The fourth-order valence-electron chi connectivity index (χ4n) is 2.91. The maximum absolute atomic E-state index is 11.5. The zero-order chi connectivity index (χ0) is 11.1. The highest BCUT2D eigenvalue weighted by molar-refractivity contribution is 5.79. The van der Waals surface area contributed by atoms with E-state index in [0.29, 0.717) is 0 Å². The van der Waals surface area contributed by atoms with Gasteiger partial charge in [0.1, 0.15) is 5.60 Å². The van der Waals surface area contributed by atoms with E-state index in [-0.39, 0.29) is 23.1 Å². The molecular weight excluding hydrogens is 192 g/mol. The maximum Gasteiger partial charge on any atom is 0.338 e. The zero-order valence-corrected chi connectivity index (χ0v) is 9.84. The highest BCUT2D eigenvalue weighted by Crippen LogP contribution is 2.57. The molecule has 2 atom stereocenters. The SMILES string of the molecule is COC(=O)C1OC12CCCCCC2(C)C. The molecule has 1 spiro atoms. The van der Waals surface area contributed by atoms with Gasteiger partial charge in [0, 0.05) is 0 Å². The van der Waals surface area contributed by atoms with E-state index in [1.165, 1.54) is 20.0 Å². The number of hydrogen-bond donors (Lipinski definition) is 0. The van der Waals surface area contributed by atoms with Crippen molar-refractivity contribution in [2.75, 3.05) is 7.11 Å². The van der Waals surface area contributed by atoms with Crippen LogP contribution in [0, 0.1) is 5.41 Å². The molecule has 1 heterocycles. The van der Waals surface area contributed by atoms with Crippen LogP contribution in [0.5, 0.6) is 0 Å². The highest BCUT2D eigenvalue weighted by atomic mass is 16.7. The number of rotatable bonds is 1. The van der Waals surface area contributed by atoms with Crippen LogP contribution < -0.4 is 0 Å². The van der Waals surface area contributed by atoms with Crippen LogP contribution in [0.4, 0.5) is 0 Å². The first-order valence-electron chi connectivity index (χ1n) is 5.79. The average Bonchev–Trinajstić information content (AvgIpc) is 2.93. The first kappa shape index (κ1) is 10.9. The van der Waals surface area contributed by atoms with Crippen molar-refractivity contribution < 1.29 is 14.3 Å². The van der Waals surface area contributed by atoms with Crippen molar-refractivity contribution >= 4 is 5.97 Å². The van der Waals surface area contributed by atoms with Crippen LogP contribution in [-0.4, -0.2) is 24.8 Å². The van der Waals surface area contributed by atoms with Gasteiger partial charge in [-0.2, -0.15) is 0 Å². The molecule has 2 unspecified atom stereocenters. The molecule has 15 heavy (non-hydrogen) atoms. The van der Waals surface area contributed by atoms with E-state index in [0.717, 1.165) is 19.3 Å². The summed E-state index contributed by atoms with van der Waals surface area (Å²) in [7, 11) is 1.43. The van der Waals surface area contributed by atoms with Crippen molar-refractivity contribution in [2.45, 2.75) is 57.7 Å². The largest absolute Gasteiger partial charge is 0.467 e. The molecule has 2 fully saturated rings. The minimum Gasteiger partial charge on any atom is -0.467 e. The van der Waals surface area contributed by atoms with Crippen LogP contribution in [0.1, 0.15) is 46.0 Å².